The highest BCUT2D eigenvalue weighted by Crippen LogP contribution is 2.38. The Balaban J connectivity index is 1.77. The van der Waals surface area contributed by atoms with Crippen LogP contribution in [0.4, 0.5) is 0 Å². The van der Waals surface area contributed by atoms with Crippen molar-refractivity contribution in [2.24, 2.45) is 5.73 Å². The molecule has 24 heavy (non-hydrogen) atoms. The van der Waals surface area contributed by atoms with Gasteiger partial charge < -0.3 is 10.5 Å². The second kappa shape index (κ2) is 6.57. The Morgan fingerprint density at radius 3 is 2.54 bits per heavy atom. The summed E-state index contributed by atoms with van der Waals surface area (Å²) in [5.74, 6) is 0.919. The van der Waals surface area contributed by atoms with E-state index in [2.05, 4.69) is 28.2 Å². The zero-order valence-corrected chi connectivity index (χ0v) is 13.6. The van der Waals surface area contributed by atoms with Gasteiger partial charge in [0.15, 0.2) is 0 Å². The maximum absolute atomic E-state index is 6.39. The molecule has 0 unspecified atom stereocenters. The van der Waals surface area contributed by atoms with Gasteiger partial charge in [-0.1, -0.05) is 6.07 Å². The van der Waals surface area contributed by atoms with Gasteiger partial charge >= 0.3 is 0 Å². The normalized spacial score (nSPS) is 20.9. The molecule has 1 aliphatic rings. The molecule has 2 heterocycles. The standard InChI is InChI=1S/C20H21N3O/c21-16-4-6-17(7-5-16)24-19-8-3-14-12-23-11-9-18(14)20(19)15-2-1-10-22-13-15/h1-3,8-13,16-17H,4-7,21H2/t16-,17+. The molecule has 1 fully saturated rings. The van der Waals surface area contributed by atoms with E-state index < -0.39 is 0 Å². The largest absolute Gasteiger partial charge is 0.490 e. The molecule has 0 amide bonds. The minimum absolute atomic E-state index is 0.236. The van der Waals surface area contributed by atoms with E-state index in [1.54, 1.807) is 6.20 Å². The highest BCUT2D eigenvalue weighted by Gasteiger charge is 2.21. The number of nitrogens with zero attached hydrogens (tertiary/aromatic N) is 2. The van der Waals surface area contributed by atoms with Crippen LogP contribution in [0.5, 0.6) is 5.75 Å². The topological polar surface area (TPSA) is 61.0 Å². The van der Waals surface area contributed by atoms with E-state index in [0.29, 0.717) is 6.04 Å². The predicted octanol–water partition coefficient (Wildman–Crippen LogP) is 3.95. The van der Waals surface area contributed by atoms with Gasteiger partial charge in [-0.3, -0.25) is 9.97 Å². The molecular weight excluding hydrogens is 298 g/mol. The number of nitrogens with two attached hydrogens (primary N) is 1. The van der Waals surface area contributed by atoms with E-state index in [9.17, 15) is 0 Å². The van der Waals surface area contributed by atoms with Crippen molar-refractivity contribution in [3.63, 3.8) is 0 Å². The summed E-state index contributed by atoms with van der Waals surface area (Å²) < 4.78 is 6.39. The van der Waals surface area contributed by atoms with Crippen molar-refractivity contribution >= 4 is 10.8 Å². The Bertz CT molecular complexity index is 827. The molecule has 1 aliphatic carbocycles. The average molecular weight is 319 g/mol. The number of ether oxygens (including phenoxy) is 1. The van der Waals surface area contributed by atoms with Crippen LogP contribution in [0.15, 0.2) is 55.1 Å². The lowest BCUT2D eigenvalue weighted by Crippen LogP contribution is -2.31. The zero-order valence-electron chi connectivity index (χ0n) is 13.6. The van der Waals surface area contributed by atoms with Gasteiger partial charge in [0.05, 0.1) is 6.10 Å². The third-order valence-corrected chi connectivity index (χ3v) is 4.74. The molecule has 4 rings (SSSR count). The summed E-state index contributed by atoms with van der Waals surface area (Å²) in [4.78, 5) is 8.51. The molecular formula is C20H21N3O. The molecule has 4 nitrogen and oxygen atoms in total. The van der Waals surface area contributed by atoms with Crippen molar-refractivity contribution in [1.82, 2.24) is 9.97 Å². The lowest BCUT2D eigenvalue weighted by Gasteiger charge is -2.28. The van der Waals surface area contributed by atoms with Crippen molar-refractivity contribution < 1.29 is 4.74 Å². The smallest absolute Gasteiger partial charge is 0.128 e. The Morgan fingerprint density at radius 2 is 1.75 bits per heavy atom. The molecule has 3 aromatic rings. The van der Waals surface area contributed by atoms with Gasteiger partial charge in [0.2, 0.25) is 0 Å². The third kappa shape index (κ3) is 2.97. The van der Waals surface area contributed by atoms with E-state index >= 15 is 0 Å². The highest BCUT2D eigenvalue weighted by atomic mass is 16.5. The second-order valence-corrected chi connectivity index (χ2v) is 6.43. The van der Waals surface area contributed by atoms with Crippen LogP contribution < -0.4 is 10.5 Å². The van der Waals surface area contributed by atoms with Crippen LogP contribution in [0, 0.1) is 0 Å². The molecule has 0 bridgehead atoms. The summed E-state index contributed by atoms with van der Waals surface area (Å²) in [5.41, 5.74) is 8.18. The fourth-order valence-electron chi connectivity index (χ4n) is 3.44. The molecule has 2 N–H and O–H groups in total. The van der Waals surface area contributed by atoms with E-state index in [1.165, 1.54) is 0 Å². The minimum atomic E-state index is 0.236. The molecule has 0 atom stereocenters. The number of benzene rings is 1. The number of hydrogen-bond acceptors (Lipinski definition) is 4. The van der Waals surface area contributed by atoms with E-state index in [4.69, 9.17) is 10.5 Å². The highest BCUT2D eigenvalue weighted by molar-refractivity contribution is 5.99. The van der Waals surface area contributed by atoms with Crippen LogP contribution in [-0.4, -0.2) is 22.1 Å². The Kier molecular flexibility index (Phi) is 4.13. The number of aromatic nitrogens is 2. The molecule has 0 aliphatic heterocycles. The first-order valence-electron chi connectivity index (χ1n) is 8.50. The fraction of sp³-hybridized carbons (Fsp3) is 0.300. The Labute approximate surface area is 141 Å². The second-order valence-electron chi connectivity index (χ2n) is 6.43. The SMILES string of the molecule is N[C@H]1CC[C@@H](Oc2ccc3cnccc3c2-c2cccnc2)CC1. The maximum Gasteiger partial charge on any atom is 0.128 e. The molecule has 1 aromatic carbocycles. The first-order valence-corrected chi connectivity index (χ1v) is 8.50. The molecule has 1 saturated carbocycles. The van der Waals surface area contributed by atoms with Crippen LogP contribution in [0.1, 0.15) is 25.7 Å². The Hall–Kier alpha value is -2.46. The van der Waals surface area contributed by atoms with Gasteiger partial charge in [-0.15, -0.1) is 0 Å². The number of rotatable bonds is 3. The van der Waals surface area contributed by atoms with Crippen molar-refractivity contribution in [3.05, 3.63) is 55.1 Å². The average Bonchev–Trinajstić information content (AvgIpc) is 2.64. The first kappa shape index (κ1) is 15.1. The molecule has 0 radical (unpaired) electrons. The summed E-state index contributed by atoms with van der Waals surface area (Å²) in [6.07, 6.45) is 11.7. The number of hydrogen-bond donors (Lipinski definition) is 1. The zero-order chi connectivity index (χ0) is 16.4. The number of pyridine rings is 2. The van der Waals surface area contributed by atoms with Crippen LogP contribution >= 0.6 is 0 Å². The van der Waals surface area contributed by atoms with Gasteiger partial charge in [-0.05, 0) is 55.3 Å². The Morgan fingerprint density at radius 1 is 0.917 bits per heavy atom. The van der Waals surface area contributed by atoms with Crippen LogP contribution in [-0.2, 0) is 0 Å². The third-order valence-electron chi connectivity index (χ3n) is 4.74. The number of fused-ring (bicyclic) bond motifs is 1. The van der Waals surface area contributed by atoms with Crippen molar-refractivity contribution in [3.8, 4) is 16.9 Å². The molecule has 2 aromatic heterocycles. The molecule has 0 spiro atoms. The fourth-order valence-corrected chi connectivity index (χ4v) is 3.44. The van der Waals surface area contributed by atoms with E-state index in [1.807, 2.05) is 30.7 Å². The summed E-state index contributed by atoms with van der Waals surface area (Å²) in [7, 11) is 0. The van der Waals surface area contributed by atoms with Crippen LogP contribution in [0.3, 0.4) is 0 Å². The van der Waals surface area contributed by atoms with Gasteiger partial charge in [-0.25, -0.2) is 0 Å². The molecule has 122 valence electrons. The lowest BCUT2D eigenvalue weighted by molar-refractivity contribution is 0.148. The van der Waals surface area contributed by atoms with E-state index in [-0.39, 0.29) is 6.10 Å². The summed E-state index contributed by atoms with van der Waals surface area (Å²) >= 11 is 0. The van der Waals surface area contributed by atoms with Crippen molar-refractivity contribution in [1.29, 1.82) is 0 Å². The summed E-state index contributed by atoms with van der Waals surface area (Å²) in [6, 6.07) is 10.5. The quantitative estimate of drug-likeness (QED) is 0.794. The maximum atomic E-state index is 6.39. The van der Waals surface area contributed by atoms with Crippen LogP contribution in [0.25, 0.3) is 21.9 Å². The monoisotopic (exact) mass is 319 g/mol. The minimum Gasteiger partial charge on any atom is -0.490 e. The first-order chi connectivity index (χ1) is 11.8. The molecule has 4 heteroatoms. The van der Waals surface area contributed by atoms with E-state index in [0.717, 1.165) is 53.3 Å². The van der Waals surface area contributed by atoms with Crippen molar-refractivity contribution in [2.75, 3.05) is 0 Å². The molecule has 0 saturated heterocycles. The van der Waals surface area contributed by atoms with Gasteiger partial charge in [0.25, 0.3) is 0 Å². The predicted molar refractivity (Wildman–Crippen MR) is 95.8 cm³/mol. The lowest BCUT2D eigenvalue weighted by atomic mass is 9.93. The van der Waals surface area contributed by atoms with Crippen LogP contribution in [0.2, 0.25) is 0 Å². The summed E-state index contributed by atoms with van der Waals surface area (Å²) in [6.45, 7) is 0. The van der Waals surface area contributed by atoms with Gasteiger partial charge in [0.1, 0.15) is 5.75 Å². The van der Waals surface area contributed by atoms with Gasteiger partial charge in [0, 0.05) is 47.3 Å². The van der Waals surface area contributed by atoms with Gasteiger partial charge in [-0.2, -0.15) is 0 Å². The summed E-state index contributed by atoms with van der Waals surface area (Å²) in [5, 5.41) is 2.25. The van der Waals surface area contributed by atoms with Crippen molar-refractivity contribution in [2.45, 2.75) is 37.8 Å².